The van der Waals surface area contributed by atoms with Gasteiger partial charge in [-0.25, -0.2) is 0 Å². The smallest absolute Gasteiger partial charge is 0.222 e. The molecule has 0 saturated heterocycles. The summed E-state index contributed by atoms with van der Waals surface area (Å²) in [7, 11) is 3.71. The Balaban J connectivity index is 2.40. The van der Waals surface area contributed by atoms with Gasteiger partial charge in [0.05, 0.1) is 0 Å². The SMILES string of the molecule is CNCCN(C)C(=O)CCc1ccccc1N. The van der Waals surface area contributed by atoms with E-state index >= 15 is 0 Å². The number of para-hydroxylation sites is 1. The largest absolute Gasteiger partial charge is 0.399 e. The minimum absolute atomic E-state index is 0.156. The first-order valence-electron chi connectivity index (χ1n) is 5.87. The van der Waals surface area contributed by atoms with Gasteiger partial charge in [0, 0.05) is 32.2 Å². The lowest BCUT2D eigenvalue weighted by Crippen LogP contribution is -2.32. The molecule has 4 heteroatoms. The molecule has 0 fully saturated rings. The summed E-state index contributed by atoms with van der Waals surface area (Å²) >= 11 is 0. The van der Waals surface area contributed by atoms with E-state index in [-0.39, 0.29) is 5.91 Å². The van der Waals surface area contributed by atoms with E-state index < -0.39 is 0 Å². The maximum absolute atomic E-state index is 11.8. The number of nitrogen functional groups attached to an aromatic ring is 1. The van der Waals surface area contributed by atoms with Crippen molar-refractivity contribution in [2.24, 2.45) is 0 Å². The molecule has 1 amide bonds. The Morgan fingerprint density at radius 1 is 1.41 bits per heavy atom. The second-order valence-corrected chi connectivity index (χ2v) is 4.12. The van der Waals surface area contributed by atoms with Crippen LogP contribution in [0.4, 0.5) is 5.69 Å². The topological polar surface area (TPSA) is 58.4 Å². The normalized spacial score (nSPS) is 10.2. The Bertz CT molecular complexity index is 365. The third kappa shape index (κ3) is 4.44. The summed E-state index contributed by atoms with van der Waals surface area (Å²) in [5.41, 5.74) is 7.63. The highest BCUT2D eigenvalue weighted by molar-refractivity contribution is 5.76. The van der Waals surface area contributed by atoms with Gasteiger partial charge in [-0.05, 0) is 25.1 Å². The molecule has 3 N–H and O–H groups in total. The lowest BCUT2D eigenvalue weighted by Gasteiger charge is -2.17. The average molecular weight is 235 g/mol. The van der Waals surface area contributed by atoms with Crippen LogP contribution in [0.25, 0.3) is 0 Å². The molecule has 4 nitrogen and oxygen atoms in total. The molecule has 1 aromatic carbocycles. The van der Waals surface area contributed by atoms with Gasteiger partial charge in [0.2, 0.25) is 5.91 Å². The van der Waals surface area contributed by atoms with E-state index in [1.807, 2.05) is 38.4 Å². The highest BCUT2D eigenvalue weighted by Gasteiger charge is 2.08. The van der Waals surface area contributed by atoms with E-state index in [9.17, 15) is 4.79 Å². The molecule has 0 bridgehead atoms. The summed E-state index contributed by atoms with van der Waals surface area (Å²) in [6.07, 6.45) is 1.21. The first-order chi connectivity index (χ1) is 8.15. The summed E-state index contributed by atoms with van der Waals surface area (Å²) in [4.78, 5) is 13.5. The standard InChI is InChI=1S/C13H21N3O/c1-15-9-10-16(2)13(17)8-7-11-5-3-4-6-12(11)14/h3-6,15H,7-10,14H2,1-2H3. The highest BCUT2D eigenvalue weighted by Crippen LogP contribution is 2.12. The fourth-order valence-corrected chi connectivity index (χ4v) is 1.60. The van der Waals surface area contributed by atoms with Crippen LogP contribution in [0.15, 0.2) is 24.3 Å². The molecule has 0 aliphatic rings. The fourth-order valence-electron chi connectivity index (χ4n) is 1.60. The first-order valence-corrected chi connectivity index (χ1v) is 5.87. The van der Waals surface area contributed by atoms with Crippen LogP contribution in [-0.2, 0) is 11.2 Å². The number of nitrogens with one attached hydrogen (secondary N) is 1. The maximum atomic E-state index is 11.8. The zero-order chi connectivity index (χ0) is 12.7. The van der Waals surface area contributed by atoms with Gasteiger partial charge >= 0.3 is 0 Å². The van der Waals surface area contributed by atoms with Crippen LogP contribution in [-0.4, -0.2) is 38.0 Å². The van der Waals surface area contributed by atoms with Crippen LogP contribution in [0.5, 0.6) is 0 Å². The third-order valence-electron chi connectivity index (χ3n) is 2.79. The molecule has 17 heavy (non-hydrogen) atoms. The number of nitrogens with two attached hydrogens (primary N) is 1. The molecular weight excluding hydrogens is 214 g/mol. The van der Waals surface area contributed by atoms with Gasteiger partial charge in [0.1, 0.15) is 0 Å². The van der Waals surface area contributed by atoms with Crippen LogP contribution in [0, 0.1) is 0 Å². The number of rotatable bonds is 6. The predicted molar refractivity (Wildman–Crippen MR) is 70.7 cm³/mol. The quantitative estimate of drug-likeness (QED) is 0.720. The molecule has 0 heterocycles. The summed E-state index contributed by atoms with van der Waals surface area (Å²) in [5, 5.41) is 3.02. The van der Waals surface area contributed by atoms with Crippen LogP contribution in [0.2, 0.25) is 0 Å². The molecule has 1 rings (SSSR count). The number of carbonyl (C=O) groups is 1. The summed E-state index contributed by atoms with van der Waals surface area (Å²) in [6.45, 7) is 1.55. The number of anilines is 1. The van der Waals surface area contributed by atoms with Crippen LogP contribution >= 0.6 is 0 Å². The van der Waals surface area contributed by atoms with Gasteiger partial charge in [0.25, 0.3) is 0 Å². The van der Waals surface area contributed by atoms with Crippen molar-refractivity contribution < 1.29 is 4.79 Å². The van der Waals surface area contributed by atoms with Gasteiger partial charge in [-0.2, -0.15) is 0 Å². The molecule has 0 radical (unpaired) electrons. The van der Waals surface area contributed by atoms with Crippen molar-refractivity contribution in [3.05, 3.63) is 29.8 Å². The minimum atomic E-state index is 0.156. The van der Waals surface area contributed by atoms with Crippen molar-refractivity contribution in [2.75, 3.05) is 32.9 Å². The number of nitrogens with zero attached hydrogens (tertiary/aromatic N) is 1. The Labute approximate surface area is 103 Å². The van der Waals surface area contributed by atoms with Gasteiger partial charge in [-0.1, -0.05) is 18.2 Å². The molecule has 1 aromatic rings. The van der Waals surface area contributed by atoms with Gasteiger partial charge in [-0.3, -0.25) is 4.79 Å². The lowest BCUT2D eigenvalue weighted by molar-refractivity contribution is -0.129. The zero-order valence-corrected chi connectivity index (χ0v) is 10.6. The molecule has 94 valence electrons. The van der Waals surface area contributed by atoms with Crippen molar-refractivity contribution in [1.29, 1.82) is 0 Å². The number of amides is 1. The Hall–Kier alpha value is -1.55. The van der Waals surface area contributed by atoms with E-state index in [1.165, 1.54) is 0 Å². The maximum Gasteiger partial charge on any atom is 0.222 e. The second kappa shape index (κ2) is 6.91. The van der Waals surface area contributed by atoms with Gasteiger partial charge < -0.3 is 16.0 Å². The Morgan fingerprint density at radius 3 is 2.76 bits per heavy atom. The number of likely N-dealkylation sites (N-methyl/N-ethyl adjacent to an activating group) is 2. The average Bonchev–Trinajstić information content (AvgIpc) is 2.34. The highest BCUT2D eigenvalue weighted by atomic mass is 16.2. The third-order valence-corrected chi connectivity index (χ3v) is 2.79. The van der Waals surface area contributed by atoms with Gasteiger partial charge in [0.15, 0.2) is 0 Å². The summed E-state index contributed by atoms with van der Waals surface area (Å²) in [5.74, 6) is 0.156. The first kappa shape index (κ1) is 13.5. The molecule has 0 unspecified atom stereocenters. The summed E-state index contributed by atoms with van der Waals surface area (Å²) < 4.78 is 0. The van der Waals surface area contributed by atoms with E-state index in [2.05, 4.69) is 5.32 Å². The lowest BCUT2D eigenvalue weighted by atomic mass is 10.1. The predicted octanol–water partition coefficient (Wildman–Crippen LogP) is 0.879. The Kier molecular flexibility index (Phi) is 5.49. The van der Waals surface area contributed by atoms with Gasteiger partial charge in [-0.15, -0.1) is 0 Å². The van der Waals surface area contributed by atoms with E-state index in [0.29, 0.717) is 12.8 Å². The van der Waals surface area contributed by atoms with Crippen molar-refractivity contribution in [3.8, 4) is 0 Å². The number of hydrogen-bond acceptors (Lipinski definition) is 3. The number of benzene rings is 1. The minimum Gasteiger partial charge on any atom is -0.399 e. The van der Waals surface area contributed by atoms with Crippen molar-refractivity contribution in [1.82, 2.24) is 10.2 Å². The molecule has 0 spiro atoms. The van der Waals surface area contributed by atoms with Crippen molar-refractivity contribution >= 4 is 11.6 Å². The van der Waals surface area contributed by atoms with Crippen molar-refractivity contribution in [2.45, 2.75) is 12.8 Å². The molecule has 0 atom stereocenters. The number of aryl methyl sites for hydroxylation is 1. The molecular formula is C13H21N3O. The fraction of sp³-hybridized carbons (Fsp3) is 0.462. The monoisotopic (exact) mass is 235 g/mol. The molecule has 0 aliphatic carbocycles. The van der Waals surface area contributed by atoms with Crippen LogP contribution in [0.1, 0.15) is 12.0 Å². The van der Waals surface area contributed by atoms with E-state index in [1.54, 1.807) is 4.90 Å². The zero-order valence-electron chi connectivity index (χ0n) is 10.6. The summed E-state index contributed by atoms with van der Waals surface area (Å²) in [6, 6.07) is 7.68. The molecule has 0 saturated carbocycles. The second-order valence-electron chi connectivity index (χ2n) is 4.12. The van der Waals surface area contributed by atoms with Crippen LogP contribution < -0.4 is 11.1 Å². The van der Waals surface area contributed by atoms with E-state index in [0.717, 1.165) is 24.3 Å². The Morgan fingerprint density at radius 2 is 2.12 bits per heavy atom. The van der Waals surface area contributed by atoms with E-state index in [4.69, 9.17) is 5.73 Å². The number of carbonyl (C=O) groups excluding carboxylic acids is 1. The molecule has 0 aromatic heterocycles. The molecule has 0 aliphatic heterocycles. The van der Waals surface area contributed by atoms with Crippen molar-refractivity contribution in [3.63, 3.8) is 0 Å². The number of hydrogen-bond donors (Lipinski definition) is 2. The van der Waals surface area contributed by atoms with Crippen LogP contribution in [0.3, 0.4) is 0 Å².